The standard InChI is InChI=1S/C34H35F6N5O2/c35-33(36,37)26-16-25(17-27(18-26)34(38,39)40)32(47)45-10-8-28(19-29(45)15-23-5-2-1-3-6-23)42-11-13-43(14-12-42)30-21-44(22-30)31(46)24-7-4-9-41-20-24/h1-7,9,16-18,20,28-30H,8,10-15,19,21-22H2/t28?,29-/m1/s1. The van der Waals surface area contributed by atoms with Gasteiger partial charge in [0.05, 0.1) is 16.7 Å². The van der Waals surface area contributed by atoms with E-state index in [1.165, 1.54) is 4.90 Å². The van der Waals surface area contributed by atoms with Crippen molar-refractivity contribution in [1.29, 1.82) is 0 Å². The van der Waals surface area contributed by atoms with E-state index in [0.29, 0.717) is 50.0 Å². The Morgan fingerprint density at radius 1 is 0.723 bits per heavy atom. The minimum atomic E-state index is -5.04. The van der Waals surface area contributed by atoms with Crippen LogP contribution in [0.3, 0.4) is 0 Å². The van der Waals surface area contributed by atoms with Crippen LogP contribution in [-0.2, 0) is 18.8 Å². The number of nitrogens with zero attached hydrogens (tertiary/aromatic N) is 5. The number of likely N-dealkylation sites (tertiary alicyclic amines) is 2. The molecule has 13 heteroatoms. The zero-order valence-corrected chi connectivity index (χ0v) is 25.6. The van der Waals surface area contributed by atoms with Crippen molar-refractivity contribution in [3.05, 3.63) is 101 Å². The summed E-state index contributed by atoms with van der Waals surface area (Å²) < 4.78 is 81.4. The van der Waals surface area contributed by atoms with Crippen molar-refractivity contribution in [3.8, 4) is 0 Å². The largest absolute Gasteiger partial charge is 0.416 e. The number of hydrogen-bond donors (Lipinski definition) is 0. The van der Waals surface area contributed by atoms with Crippen LogP contribution in [0.1, 0.15) is 50.2 Å². The van der Waals surface area contributed by atoms with Gasteiger partial charge in [-0.2, -0.15) is 26.3 Å². The number of rotatable bonds is 6. The Labute approximate surface area is 268 Å². The third-order valence-electron chi connectivity index (χ3n) is 9.54. The number of alkyl halides is 6. The Morgan fingerprint density at radius 2 is 1.34 bits per heavy atom. The second kappa shape index (κ2) is 13.3. The molecule has 0 bridgehead atoms. The molecule has 0 radical (unpaired) electrons. The summed E-state index contributed by atoms with van der Waals surface area (Å²) in [5.74, 6) is -0.861. The first-order valence-corrected chi connectivity index (χ1v) is 15.7. The molecule has 3 saturated heterocycles. The molecule has 0 N–H and O–H groups in total. The highest BCUT2D eigenvalue weighted by Gasteiger charge is 2.41. The second-order valence-corrected chi connectivity index (χ2v) is 12.5. The first kappa shape index (κ1) is 33.0. The molecule has 3 aliphatic rings. The molecule has 3 fully saturated rings. The summed E-state index contributed by atoms with van der Waals surface area (Å²) >= 11 is 0. The molecule has 3 aromatic rings. The summed E-state index contributed by atoms with van der Waals surface area (Å²) in [4.78, 5) is 38.5. The van der Waals surface area contributed by atoms with Crippen LogP contribution in [-0.4, -0.2) is 100 Å². The lowest BCUT2D eigenvalue weighted by atomic mass is 9.90. The SMILES string of the molecule is O=C(c1cccnc1)N1CC(N2CCN(C3CCN(C(=O)c4cc(C(F)(F)F)cc(C(F)(F)F)c4)[C@H](Cc4ccccc4)C3)CC2)C1. The Balaban J connectivity index is 1.12. The summed E-state index contributed by atoms with van der Waals surface area (Å²) in [7, 11) is 0. The highest BCUT2D eigenvalue weighted by Crippen LogP contribution is 2.37. The summed E-state index contributed by atoms with van der Waals surface area (Å²) in [5, 5.41) is 0. The quantitative estimate of drug-likeness (QED) is 0.329. The monoisotopic (exact) mass is 659 g/mol. The summed E-state index contributed by atoms with van der Waals surface area (Å²) in [6.07, 6.45) is -5.36. The van der Waals surface area contributed by atoms with Crippen molar-refractivity contribution in [1.82, 2.24) is 24.6 Å². The maximum absolute atomic E-state index is 13.7. The van der Waals surface area contributed by atoms with E-state index >= 15 is 0 Å². The van der Waals surface area contributed by atoms with Crippen molar-refractivity contribution in [2.45, 2.75) is 49.7 Å². The van der Waals surface area contributed by atoms with Crippen LogP contribution in [0.5, 0.6) is 0 Å². The number of piperidine rings is 1. The maximum atomic E-state index is 13.7. The maximum Gasteiger partial charge on any atom is 0.416 e. The predicted molar refractivity (Wildman–Crippen MR) is 162 cm³/mol. The van der Waals surface area contributed by atoms with Crippen LogP contribution in [0, 0.1) is 0 Å². The third-order valence-corrected chi connectivity index (χ3v) is 9.54. The van der Waals surface area contributed by atoms with E-state index in [-0.39, 0.29) is 30.6 Å². The van der Waals surface area contributed by atoms with E-state index in [1.54, 1.807) is 24.5 Å². The van der Waals surface area contributed by atoms with Gasteiger partial charge in [-0.25, -0.2) is 0 Å². The fraction of sp³-hybridized carbons (Fsp3) is 0.441. The van der Waals surface area contributed by atoms with Gasteiger partial charge >= 0.3 is 12.4 Å². The Kier molecular flexibility index (Phi) is 9.30. The first-order valence-electron chi connectivity index (χ1n) is 15.7. The molecular formula is C34H35F6N5O2. The molecule has 0 spiro atoms. The third kappa shape index (κ3) is 7.46. The van der Waals surface area contributed by atoms with Crippen molar-refractivity contribution >= 4 is 11.8 Å². The molecule has 0 aliphatic carbocycles. The van der Waals surface area contributed by atoms with E-state index in [0.717, 1.165) is 31.7 Å². The van der Waals surface area contributed by atoms with Gasteiger partial charge in [-0.3, -0.25) is 24.4 Å². The first-order chi connectivity index (χ1) is 22.4. The Morgan fingerprint density at radius 3 is 1.91 bits per heavy atom. The van der Waals surface area contributed by atoms with Crippen molar-refractivity contribution < 1.29 is 35.9 Å². The molecule has 0 saturated carbocycles. The number of piperazine rings is 1. The van der Waals surface area contributed by atoms with E-state index < -0.39 is 41.0 Å². The molecule has 47 heavy (non-hydrogen) atoms. The number of aromatic nitrogens is 1. The fourth-order valence-corrected chi connectivity index (χ4v) is 6.94. The molecule has 1 aromatic heterocycles. The predicted octanol–water partition coefficient (Wildman–Crippen LogP) is 5.48. The average Bonchev–Trinajstić information content (AvgIpc) is 3.04. The topological polar surface area (TPSA) is 60.0 Å². The van der Waals surface area contributed by atoms with Gasteiger partial charge in [0.25, 0.3) is 11.8 Å². The Hall–Kier alpha value is -3.97. The zero-order valence-electron chi connectivity index (χ0n) is 25.6. The number of hydrogen-bond acceptors (Lipinski definition) is 5. The van der Waals surface area contributed by atoms with Crippen LogP contribution in [0.25, 0.3) is 0 Å². The number of halogens is 6. The minimum Gasteiger partial charge on any atom is -0.335 e. The van der Waals surface area contributed by atoms with E-state index in [4.69, 9.17) is 0 Å². The van der Waals surface area contributed by atoms with E-state index in [2.05, 4.69) is 14.8 Å². The van der Waals surface area contributed by atoms with Gasteiger partial charge in [0, 0.05) is 81.9 Å². The molecule has 7 nitrogen and oxygen atoms in total. The molecule has 4 heterocycles. The fourth-order valence-electron chi connectivity index (χ4n) is 6.94. The van der Waals surface area contributed by atoms with Crippen molar-refractivity contribution in [2.75, 3.05) is 45.8 Å². The van der Waals surface area contributed by atoms with Gasteiger partial charge in [-0.1, -0.05) is 30.3 Å². The van der Waals surface area contributed by atoms with E-state index in [9.17, 15) is 35.9 Å². The lowest BCUT2D eigenvalue weighted by molar-refractivity contribution is -0.143. The lowest BCUT2D eigenvalue weighted by Gasteiger charge is -2.50. The summed E-state index contributed by atoms with van der Waals surface area (Å²) in [6.45, 7) is 4.71. The van der Waals surface area contributed by atoms with Crippen LogP contribution in [0.4, 0.5) is 26.3 Å². The number of amides is 2. The average molecular weight is 660 g/mol. The van der Waals surface area contributed by atoms with Crippen LogP contribution < -0.4 is 0 Å². The number of pyridine rings is 1. The number of carbonyl (C=O) groups excluding carboxylic acids is 2. The number of carbonyl (C=O) groups is 2. The normalized spacial score (nSPS) is 21.8. The number of benzene rings is 2. The zero-order chi connectivity index (χ0) is 33.3. The van der Waals surface area contributed by atoms with Gasteiger partial charge in [0.15, 0.2) is 0 Å². The van der Waals surface area contributed by atoms with Crippen LogP contribution in [0.2, 0.25) is 0 Å². The smallest absolute Gasteiger partial charge is 0.335 e. The van der Waals surface area contributed by atoms with Crippen LogP contribution in [0.15, 0.2) is 73.1 Å². The van der Waals surface area contributed by atoms with Crippen molar-refractivity contribution in [2.24, 2.45) is 0 Å². The van der Waals surface area contributed by atoms with Gasteiger partial charge in [-0.05, 0) is 55.2 Å². The molecule has 2 atom stereocenters. The van der Waals surface area contributed by atoms with Crippen LogP contribution >= 0.6 is 0 Å². The summed E-state index contributed by atoms with van der Waals surface area (Å²) in [6, 6.07) is 13.9. The minimum absolute atomic E-state index is 0.0292. The molecule has 2 aromatic carbocycles. The van der Waals surface area contributed by atoms with Gasteiger partial charge in [0.2, 0.25) is 0 Å². The molecule has 1 unspecified atom stereocenters. The van der Waals surface area contributed by atoms with Gasteiger partial charge in [-0.15, -0.1) is 0 Å². The molecule has 250 valence electrons. The molecule has 2 amide bonds. The molecule has 3 aliphatic heterocycles. The lowest BCUT2D eigenvalue weighted by Crippen LogP contribution is -2.65. The Bertz CT molecular complexity index is 1520. The van der Waals surface area contributed by atoms with Crippen molar-refractivity contribution in [3.63, 3.8) is 0 Å². The van der Waals surface area contributed by atoms with E-state index in [1.807, 2.05) is 35.2 Å². The highest BCUT2D eigenvalue weighted by atomic mass is 19.4. The summed E-state index contributed by atoms with van der Waals surface area (Å²) in [5.41, 5.74) is -2.12. The molecular weight excluding hydrogens is 624 g/mol. The second-order valence-electron chi connectivity index (χ2n) is 12.5. The molecule has 6 rings (SSSR count). The highest BCUT2D eigenvalue weighted by molar-refractivity contribution is 5.95. The van der Waals surface area contributed by atoms with Gasteiger partial charge in [0.1, 0.15) is 0 Å². The van der Waals surface area contributed by atoms with Gasteiger partial charge < -0.3 is 9.80 Å².